The fourth-order valence-electron chi connectivity index (χ4n) is 3.64. The summed E-state index contributed by atoms with van der Waals surface area (Å²) in [5.74, 6) is -0.808. The number of anilines is 1. The summed E-state index contributed by atoms with van der Waals surface area (Å²) < 4.78 is 10.5. The molecule has 0 spiro atoms. The Labute approximate surface area is 204 Å². The summed E-state index contributed by atoms with van der Waals surface area (Å²) in [7, 11) is 1.24. The highest BCUT2D eigenvalue weighted by molar-refractivity contribution is 5.84. The lowest BCUT2D eigenvalue weighted by Gasteiger charge is -2.39. The number of phenolic OH excluding ortho intramolecular Hbond substituents is 1. The van der Waals surface area contributed by atoms with Crippen LogP contribution in [0.15, 0.2) is 84.9 Å². The molecule has 35 heavy (non-hydrogen) atoms. The summed E-state index contributed by atoms with van der Waals surface area (Å²) >= 11 is 0. The van der Waals surface area contributed by atoms with E-state index >= 15 is 0 Å². The van der Waals surface area contributed by atoms with Crippen LogP contribution in [0.2, 0.25) is 0 Å². The van der Waals surface area contributed by atoms with Gasteiger partial charge in [0.1, 0.15) is 11.4 Å². The van der Waals surface area contributed by atoms with E-state index in [0.717, 1.165) is 0 Å². The quantitative estimate of drug-likeness (QED) is 0.236. The Morgan fingerprint density at radius 3 is 2.00 bits per heavy atom. The minimum atomic E-state index is -1.92. The molecule has 0 fully saturated rings. The van der Waals surface area contributed by atoms with Gasteiger partial charge in [-0.2, -0.15) is 5.48 Å². The highest BCUT2D eigenvalue weighted by Crippen LogP contribution is 2.43. The van der Waals surface area contributed by atoms with Crippen molar-refractivity contribution < 1.29 is 29.0 Å². The van der Waals surface area contributed by atoms with E-state index in [0.29, 0.717) is 16.8 Å². The second-order valence-corrected chi connectivity index (χ2v) is 8.80. The van der Waals surface area contributed by atoms with E-state index in [4.69, 9.17) is 14.3 Å². The predicted molar refractivity (Wildman–Crippen MR) is 132 cm³/mol. The van der Waals surface area contributed by atoms with Gasteiger partial charge in [0.25, 0.3) is 0 Å². The third-order valence-electron chi connectivity index (χ3n) is 5.13. The van der Waals surface area contributed by atoms with Crippen LogP contribution in [0.3, 0.4) is 0 Å². The number of phenols is 1. The molecule has 0 saturated heterocycles. The Morgan fingerprint density at radius 1 is 0.857 bits per heavy atom. The zero-order valence-corrected chi connectivity index (χ0v) is 20.1. The van der Waals surface area contributed by atoms with Crippen molar-refractivity contribution in [2.45, 2.75) is 38.0 Å². The number of rotatable bonds is 8. The average Bonchev–Trinajstić information content (AvgIpc) is 2.84. The van der Waals surface area contributed by atoms with Crippen LogP contribution >= 0.6 is 0 Å². The van der Waals surface area contributed by atoms with Crippen LogP contribution in [0.4, 0.5) is 10.5 Å². The van der Waals surface area contributed by atoms with Crippen LogP contribution in [-0.2, 0) is 24.7 Å². The number of hydrogen-bond acceptors (Lipinski definition) is 7. The molecule has 8 nitrogen and oxygen atoms in total. The number of para-hydroxylation sites is 2. The van der Waals surface area contributed by atoms with Crippen molar-refractivity contribution in [1.82, 2.24) is 5.48 Å². The molecule has 3 N–H and O–H groups in total. The fraction of sp³-hybridized carbons (Fsp3) is 0.259. The van der Waals surface area contributed by atoms with Gasteiger partial charge in [-0.3, -0.25) is 0 Å². The molecule has 0 heterocycles. The van der Waals surface area contributed by atoms with Crippen molar-refractivity contribution in [2.24, 2.45) is 0 Å². The van der Waals surface area contributed by atoms with Crippen molar-refractivity contribution >= 4 is 17.7 Å². The molecule has 0 bridgehead atoms. The number of benzene rings is 3. The van der Waals surface area contributed by atoms with Crippen molar-refractivity contribution in [2.75, 3.05) is 12.4 Å². The smallest absolute Gasteiger partial charge is 0.431 e. The van der Waals surface area contributed by atoms with E-state index in [-0.39, 0.29) is 5.75 Å². The molecule has 0 aliphatic heterocycles. The minimum absolute atomic E-state index is 0.0274. The Balaban J connectivity index is 2.19. The molecular formula is C27H30N2O6. The zero-order chi connectivity index (χ0) is 25.5. The number of carbonyl (C=O) groups is 2. The summed E-state index contributed by atoms with van der Waals surface area (Å²) in [6, 6.07) is 23.4. The maximum Gasteiger partial charge on any atom is 0.431 e. The number of hydrogen-bond donors (Lipinski definition) is 3. The monoisotopic (exact) mass is 478 g/mol. The predicted octanol–water partition coefficient (Wildman–Crippen LogP) is 5.07. The van der Waals surface area contributed by atoms with E-state index < -0.39 is 29.3 Å². The summed E-state index contributed by atoms with van der Waals surface area (Å²) in [5.41, 5.74) is 0.960. The maximum atomic E-state index is 13.6. The molecular weight excluding hydrogens is 448 g/mol. The molecule has 0 radical (unpaired) electrons. The first-order valence-corrected chi connectivity index (χ1v) is 11.1. The van der Waals surface area contributed by atoms with Gasteiger partial charge in [0.15, 0.2) is 0 Å². The van der Waals surface area contributed by atoms with Gasteiger partial charge in [0.05, 0.1) is 18.8 Å². The standard InChI is InChI=1S/C27H30N2O6/c1-26(2,3)34-25(32)29-35-27(24(31)33-4,20-15-9-6-10-16-20)23(19-13-7-5-8-14-19)28-21-17-11-12-18-22(21)30/h5-18,23,28,30H,1-4H3,(H,29,32)/t23-,27-/m0/s1. The van der Waals surface area contributed by atoms with E-state index in [1.54, 1.807) is 81.4 Å². The number of esters is 1. The summed E-state index contributed by atoms with van der Waals surface area (Å²) in [4.78, 5) is 32.1. The van der Waals surface area contributed by atoms with Crippen LogP contribution in [0.1, 0.15) is 37.9 Å². The van der Waals surface area contributed by atoms with Crippen LogP contribution < -0.4 is 10.8 Å². The van der Waals surface area contributed by atoms with Crippen LogP contribution in [-0.4, -0.2) is 29.9 Å². The molecule has 3 aromatic carbocycles. The molecule has 0 saturated carbocycles. The Hall–Kier alpha value is -4.04. The van der Waals surface area contributed by atoms with Crippen molar-refractivity contribution in [3.63, 3.8) is 0 Å². The molecule has 2 atom stereocenters. The summed E-state index contributed by atoms with van der Waals surface area (Å²) in [6.07, 6.45) is -0.879. The van der Waals surface area contributed by atoms with Gasteiger partial charge in [0.2, 0.25) is 5.60 Å². The molecule has 8 heteroatoms. The summed E-state index contributed by atoms with van der Waals surface area (Å²) in [6.45, 7) is 5.14. The molecule has 3 aromatic rings. The zero-order valence-electron chi connectivity index (χ0n) is 20.1. The summed E-state index contributed by atoms with van der Waals surface area (Å²) in [5, 5.41) is 13.7. The van der Waals surface area contributed by atoms with Gasteiger partial charge in [-0.25, -0.2) is 14.4 Å². The number of aromatic hydroxyl groups is 1. The number of amides is 1. The fourth-order valence-corrected chi connectivity index (χ4v) is 3.64. The molecule has 184 valence electrons. The van der Waals surface area contributed by atoms with Crippen LogP contribution in [0, 0.1) is 0 Å². The first-order chi connectivity index (χ1) is 16.7. The SMILES string of the molecule is COC(=O)[C@](ONC(=O)OC(C)(C)C)(c1ccccc1)[C@@H](Nc1ccccc1O)c1ccccc1. The first kappa shape index (κ1) is 25.6. The molecule has 0 aliphatic rings. The third kappa shape index (κ3) is 6.10. The number of nitrogens with one attached hydrogen (secondary N) is 2. The Morgan fingerprint density at radius 2 is 1.43 bits per heavy atom. The molecule has 0 aliphatic carbocycles. The van der Waals surface area contributed by atoms with Gasteiger partial charge in [-0.1, -0.05) is 72.8 Å². The second-order valence-electron chi connectivity index (χ2n) is 8.80. The van der Waals surface area contributed by atoms with E-state index in [1.165, 1.54) is 13.2 Å². The lowest BCUT2D eigenvalue weighted by atomic mass is 9.82. The normalized spacial score (nSPS) is 13.7. The van der Waals surface area contributed by atoms with Crippen molar-refractivity contribution in [1.29, 1.82) is 0 Å². The highest BCUT2D eigenvalue weighted by atomic mass is 16.7. The third-order valence-corrected chi connectivity index (χ3v) is 5.13. The van der Waals surface area contributed by atoms with E-state index in [2.05, 4.69) is 10.8 Å². The Bertz CT molecular complexity index is 1130. The lowest BCUT2D eigenvalue weighted by molar-refractivity contribution is -0.185. The van der Waals surface area contributed by atoms with Gasteiger partial charge < -0.3 is 19.9 Å². The van der Waals surface area contributed by atoms with E-state index in [9.17, 15) is 14.7 Å². The molecule has 0 unspecified atom stereocenters. The number of hydroxylamine groups is 1. The van der Waals surface area contributed by atoms with Gasteiger partial charge in [-0.05, 0) is 38.5 Å². The maximum absolute atomic E-state index is 13.6. The van der Waals surface area contributed by atoms with Gasteiger partial charge in [-0.15, -0.1) is 0 Å². The van der Waals surface area contributed by atoms with E-state index in [1.807, 2.05) is 18.2 Å². The van der Waals surface area contributed by atoms with Crippen molar-refractivity contribution in [3.05, 3.63) is 96.1 Å². The number of methoxy groups -OCH3 is 1. The van der Waals surface area contributed by atoms with Gasteiger partial charge >= 0.3 is 12.1 Å². The first-order valence-electron chi connectivity index (χ1n) is 11.1. The second kappa shape index (κ2) is 10.9. The lowest BCUT2D eigenvalue weighted by Crippen LogP contribution is -2.52. The molecule has 3 rings (SSSR count). The van der Waals surface area contributed by atoms with Gasteiger partial charge in [0, 0.05) is 5.56 Å². The topological polar surface area (TPSA) is 106 Å². The number of carbonyl (C=O) groups excluding carboxylic acids is 2. The largest absolute Gasteiger partial charge is 0.506 e. The molecule has 1 amide bonds. The highest BCUT2D eigenvalue weighted by Gasteiger charge is 2.52. The Kier molecular flexibility index (Phi) is 7.98. The van der Waals surface area contributed by atoms with Crippen molar-refractivity contribution in [3.8, 4) is 5.75 Å². The van der Waals surface area contributed by atoms with Crippen LogP contribution in [0.5, 0.6) is 5.75 Å². The molecule has 0 aromatic heterocycles. The minimum Gasteiger partial charge on any atom is -0.506 e. The number of ether oxygens (including phenoxy) is 2. The average molecular weight is 479 g/mol. The van der Waals surface area contributed by atoms with Crippen LogP contribution in [0.25, 0.3) is 0 Å².